The smallest absolute Gasteiger partial charge is 0.254 e. The lowest BCUT2D eigenvalue weighted by molar-refractivity contribution is -0.117. The van der Waals surface area contributed by atoms with Gasteiger partial charge in [-0.05, 0) is 19.1 Å². The van der Waals surface area contributed by atoms with Crippen LogP contribution in [0.3, 0.4) is 0 Å². The molecule has 0 saturated heterocycles. The van der Waals surface area contributed by atoms with Crippen LogP contribution in [-0.4, -0.2) is 18.4 Å². The van der Waals surface area contributed by atoms with E-state index in [-0.39, 0.29) is 18.5 Å². The molecule has 0 unspecified atom stereocenters. The summed E-state index contributed by atoms with van der Waals surface area (Å²) in [6.45, 7) is 1.88. The quantitative estimate of drug-likeness (QED) is 0.791. The van der Waals surface area contributed by atoms with E-state index < -0.39 is 17.6 Å². The topological polar surface area (TPSA) is 72.2 Å². The van der Waals surface area contributed by atoms with Gasteiger partial charge in [-0.15, -0.1) is 0 Å². The number of amides is 2. The zero-order valence-corrected chi connectivity index (χ0v) is 8.92. The minimum atomic E-state index is -0.581. The Morgan fingerprint density at radius 2 is 2.12 bits per heavy atom. The molecule has 1 rings (SSSR count). The van der Waals surface area contributed by atoms with Crippen molar-refractivity contribution < 1.29 is 14.0 Å². The summed E-state index contributed by atoms with van der Waals surface area (Å²) in [4.78, 5) is 21.9. The maximum Gasteiger partial charge on any atom is 0.254 e. The molecule has 2 amide bonds. The second-order valence-electron chi connectivity index (χ2n) is 3.46. The number of benzene rings is 1. The number of hydrogen-bond acceptors (Lipinski definition) is 2. The molecule has 86 valence electrons. The van der Waals surface area contributed by atoms with Crippen molar-refractivity contribution >= 4 is 11.8 Å². The highest BCUT2D eigenvalue weighted by Crippen LogP contribution is 2.09. The fourth-order valence-electron chi connectivity index (χ4n) is 1.21. The molecule has 0 aliphatic heterocycles. The van der Waals surface area contributed by atoms with Crippen molar-refractivity contribution in [1.82, 2.24) is 5.32 Å². The lowest BCUT2D eigenvalue weighted by Crippen LogP contribution is -2.28. The van der Waals surface area contributed by atoms with E-state index in [2.05, 4.69) is 5.32 Å². The molecular weight excluding hydrogens is 211 g/mol. The monoisotopic (exact) mass is 224 g/mol. The maximum atomic E-state index is 13.3. The summed E-state index contributed by atoms with van der Waals surface area (Å²) >= 11 is 0. The number of nitrogens with two attached hydrogens (primary N) is 1. The number of primary amides is 1. The first-order valence-electron chi connectivity index (χ1n) is 4.83. The summed E-state index contributed by atoms with van der Waals surface area (Å²) in [5.74, 6) is -1.63. The highest BCUT2D eigenvalue weighted by Gasteiger charge is 2.11. The third-order valence-electron chi connectivity index (χ3n) is 2.02. The van der Waals surface area contributed by atoms with Gasteiger partial charge in [0.25, 0.3) is 5.91 Å². The molecule has 1 aromatic rings. The Bertz CT molecular complexity index is 418. The third-order valence-corrected chi connectivity index (χ3v) is 2.02. The van der Waals surface area contributed by atoms with Gasteiger partial charge in [0.15, 0.2) is 0 Å². The van der Waals surface area contributed by atoms with Crippen LogP contribution in [0, 0.1) is 12.7 Å². The van der Waals surface area contributed by atoms with Crippen LogP contribution in [0.2, 0.25) is 0 Å². The summed E-state index contributed by atoms with van der Waals surface area (Å²) in [5, 5.41) is 2.42. The van der Waals surface area contributed by atoms with Gasteiger partial charge in [0.05, 0.1) is 5.56 Å². The van der Waals surface area contributed by atoms with Crippen LogP contribution < -0.4 is 11.1 Å². The fraction of sp³-hybridized carbons (Fsp3) is 0.273. The minimum Gasteiger partial charge on any atom is -0.370 e. The first kappa shape index (κ1) is 12.2. The number of rotatable bonds is 4. The zero-order valence-electron chi connectivity index (χ0n) is 8.92. The molecule has 0 spiro atoms. The fourth-order valence-corrected chi connectivity index (χ4v) is 1.21. The lowest BCUT2D eigenvalue weighted by atomic mass is 10.1. The molecule has 0 aliphatic carbocycles. The average Bonchev–Trinajstić information content (AvgIpc) is 2.21. The minimum absolute atomic E-state index is 0.0236. The number of carbonyl (C=O) groups excluding carboxylic acids is 2. The molecule has 1 aromatic carbocycles. The second kappa shape index (κ2) is 5.25. The molecule has 0 bridgehead atoms. The predicted octanol–water partition coefficient (Wildman–Crippen LogP) is 0.739. The second-order valence-corrected chi connectivity index (χ2v) is 3.46. The van der Waals surface area contributed by atoms with Crippen molar-refractivity contribution in [1.29, 1.82) is 0 Å². The van der Waals surface area contributed by atoms with E-state index in [0.717, 1.165) is 5.56 Å². The zero-order chi connectivity index (χ0) is 12.1. The maximum absolute atomic E-state index is 13.3. The first-order chi connectivity index (χ1) is 7.50. The van der Waals surface area contributed by atoms with Gasteiger partial charge in [-0.3, -0.25) is 9.59 Å². The molecule has 0 heterocycles. The molecule has 0 saturated carbocycles. The summed E-state index contributed by atoms with van der Waals surface area (Å²) in [6.07, 6.45) is 0.0408. The van der Waals surface area contributed by atoms with Crippen LogP contribution in [0.25, 0.3) is 0 Å². The average molecular weight is 224 g/mol. The van der Waals surface area contributed by atoms with Gasteiger partial charge in [-0.25, -0.2) is 4.39 Å². The van der Waals surface area contributed by atoms with E-state index in [4.69, 9.17) is 5.73 Å². The summed E-state index contributed by atoms with van der Waals surface area (Å²) in [6, 6.07) is 4.27. The van der Waals surface area contributed by atoms with Gasteiger partial charge in [-0.2, -0.15) is 0 Å². The van der Waals surface area contributed by atoms with E-state index in [1.54, 1.807) is 13.0 Å². The molecule has 0 aromatic heterocycles. The SMILES string of the molecule is Cc1ccc(F)c(C(=O)NCCC(N)=O)c1. The molecule has 0 aliphatic rings. The Balaban J connectivity index is 2.65. The molecule has 4 nitrogen and oxygen atoms in total. The Kier molecular flexibility index (Phi) is 3.99. The Morgan fingerprint density at radius 3 is 2.75 bits per heavy atom. The third kappa shape index (κ3) is 3.34. The molecular formula is C11H13FN2O2. The van der Waals surface area contributed by atoms with Crippen molar-refractivity contribution in [3.8, 4) is 0 Å². The van der Waals surface area contributed by atoms with Crippen molar-refractivity contribution in [3.63, 3.8) is 0 Å². The van der Waals surface area contributed by atoms with Crippen LogP contribution in [0.1, 0.15) is 22.3 Å². The summed E-state index contributed by atoms with van der Waals surface area (Å²) < 4.78 is 13.3. The highest BCUT2D eigenvalue weighted by atomic mass is 19.1. The first-order valence-corrected chi connectivity index (χ1v) is 4.83. The van der Waals surface area contributed by atoms with Crippen LogP contribution >= 0.6 is 0 Å². The summed E-state index contributed by atoms with van der Waals surface area (Å²) in [7, 11) is 0. The molecule has 16 heavy (non-hydrogen) atoms. The van der Waals surface area contributed by atoms with Crippen molar-refractivity contribution in [2.75, 3.05) is 6.54 Å². The molecule has 5 heteroatoms. The normalized spacial score (nSPS) is 9.88. The Labute approximate surface area is 92.6 Å². The van der Waals surface area contributed by atoms with E-state index in [1.807, 2.05) is 0 Å². The van der Waals surface area contributed by atoms with Gasteiger partial charge < -0.3 is 11.1 Å². The Hall–Kier alpha value is -1.91. The van der Waals surface area contributed by atoms with Crippen molar-refractivity contribution in [2.45, 2.75) is 13.3 Å². The number of hydrogen-bond donors (Lipinski definition) is 2. The number of carbonyl (C=O) groups is 2. The Morgan fingerprint density at radius 1 is 1.44 bits per heavy atom. The number of nitrogens with one attached hydrogen (secondary N) is 1. The highest BCUT2D eigenvalue weighted by molar-refractivity contribution is 5.94. The van der Waals surface area contributed by atoms with Crippen LogP contribution in [-0.2, 0) is 4.79 Å². The van der Waals surface area contributed by atoms with Gasteiger partial charge in [0, 0.05) is 13.0 Å². The van der Waals surface area contributed by atoms with E-state index >= 15 is 0 Å². The van der Waals surface area contributed by atoms with E-state index in [0.29, 0.717) is 0 Å². The number of aryl methyl sites for hydroxylation is 1. The van der Waals surface area contributed by atoms with Crippen molar-refractivity contribution in [3.05, 3.63) is 35.1 Å². The van der Waals surface area contributed by atoms with Gasteiger partial charge in [0.2, 0.25) is 5.91 Å². The largest absolute Gasteiger partial charge is 0.370 e. The van der Waals surface area contributed by atoms with Crippen molar-refractivity contribution in [2.24, 2.45) is 5.73 Å². The summed E-state index contributed by atoms with van der Waals surface area (Å²) in [5.41, 5.74) is 5.68. The van der Waals surface area contributed by atoms with Crippen LogP contribution in [0.5, 0.6) is 0 Å². The molecule has 0 fully saturated rings. The van der Waals surface area contributed by atoms with E-state index in [9.17, 15) is 14.0 Å². The molecule has 0 radical (unpaired) electrons. The lowest BCUT2D eigenvalue weighted by Gasteiger charge is -2.05. The van der Waals surface area contributed by atoms with Crippen LogP contribution in [0.15, 0.2) is 18.2 Å². The van der Waals surface area contributed by atoms with Crippen LogP contribution in [0.4, 0.5) is 4.39 Å². The van der Waals surface area contributed by atoms with Gasteiger partial charge >= 0.3 is 0 Å². The molecule has 3 N–H and O–H groups in total. The number of halogens is 1. The van der Waals surface area contributed by atoms with Gasteiger partial charge in [-0.1, -0.05) is 11.6 Å². The predicted molar refractivity (Wildman–Crippen MR) is 57.3 cm³/mol. The van der Waals surface area contributed by atoms with E-state index in [1.165, 1.54) is 12.1 Å². The molecule has 0 atom stereocenters. The standard InChI is InChI=1S/C11H13FN2O2/c1-7-2-3-9(12)8(6-7)11(16)14-5-4-10(13)15/h2-3,6H,4-5H2,1H3,(H2,13,15)(H,14,16). The van der Waals surface area contributed by atoms with Gasteiger partial charge in [0.1, 0.15) is 5.82 Å².